The molecule has 3 aliphatic heterocycles. The molecule has 10 N–H and O–H groups in total. The summed E-state index contributed by atoms with van der Waals surface area (Å²) >= 11 is 6.10. The van der Waals surface area contributed by atoms with E-state index in [1.807, 2.05) is 0 Å². The molecular weight excluding hydrogens is 626 g/mol. The first-order chi connectivity index (χ1) is 20.8. The van der Waals surface area contributed by atoms with Gasteiger partial charge in [0.2, 0.25) is 0 Å². The molecular formula is C24H34ClNO18. The van der Waals surface area contributed by atoms with Gasteiger partial charge in [-0.15, -0.1) is 0 Å². The zero-order valence-corrected chi connectivity index (χ0v) is 23.3. The van der Waals surface area contributed by atoms with Crippen LogP contribution >= 0.6 is 11.6 Å². The van der Waals surface area contributed by atoms with Crippen LogP contribution in [-0.4, -0.2) is 168 Å². The van der Waals surface area contributed by atoms with Gasteiger partial charge in [-0.2, -0.15) is 0 Å². The van der Waals surface area contributed by atoms with E-state index >= 15 is 0 Å². The SMILES string of the molecule is O=[N+]([O-])c1ccc(O[C@H]2[C@H](O[C@H]3[C@H](O)[C@@H](O)[C@H](O[C@H]4[C@H](O)[C@@H](O)C(O)O[C@@H]4CO)O[C@@H]3CO)O[C@H](CO)[C@@H](O)[C@@H]2O)c(Cl)c1. The first kappa shape index (κ1) is 35.0. The minimum atomic E-state index is -1.99. The van der Waals surface area contributed by atoms with Gasteiger partial charge in [0.25, 0.3) is 5.69 Å². The van der Waals surface area contributed by atoms with Crippen molar-refractivity contribution < 1.29 is 84.4 Å². The lowest BCUT2D eigenvalue weighted by Gasteiger charge is -2.48. The molecule has 3 saturated heterocycles. The summed E-state index contributed by atoms with van der Waals surface area (Å²) in [6.07, 6.45) is -26.0. The van der Waals surface area contributed by atoms with Gasteiger partial charge in [-0.25, -0.2) is 0 Å². The molecule has 1 aromatic carbocycles. The second kappa shape index (κ2) is 14.7. The fraction of sp³-hybridized carbons (Fsp3) is 0.750. The second-order valence-electron chi connectivity index (χ2n) is 10.3. The lowest BCUT2D eigenvalue weighted by Crippen LogP contribution is -2.67. The van der Waals surface area contributed by atoms with Crippen LogP contribution in [0.4, 0.5) is 5.69 Å². The van der Waals surface area contributed by atoms with E-state index in [0.717, 1.165) is 18.2 Å². The minimum absolute atomic E-state index is 0.209. The highest BCUT2D eigenvalue weighted by Gasteiger charge is 2.54. The zero-order valence-electron chi connectivity index (χ0n) is 22.6. The van der Waals surface area contributed by atoms with Crippen LogP contribution in [0.25, 0.3) is 0 Å². The summed E-state index contributed by atoms with van der Waals surface area (Å²) in [5.74, 6) is -0.209. The summed E-state index contributed by atoms with van der Waals surface area (Å²) in [6.45, 7) is -2.50. The Morgan fingerprint density at radius 3 is 1.80 bits per heavy atom. The Kier molecular flexibility index (Phi) is 11.7. The quantitative estimate of drug-likeness (QED) is 0.0831. The number of nitrogens with zero attached hydrogens (tertiary/aromatic N) is 1. The van der Waals surface area contributed by atoms with Crippen LogP contribution in [0.2, 0.25) is 5.02 Å². The van der Waals surface area contributed by atoms with Gasteiger partial charge in [0.15, 0.2) is 25.0 Å². The van der Waals surface area contributed by atoms with Crippen molar-refractivity contribution in [2.75, 3.05) is 19.8 Å². The average Bonchev–Trinajstić information content (AvgIpc) is 3.00. The number of ether oxygens (including phenoxy) is 6. The second-order valence-corrected chi connectivity index (χ2v) is 10.7. The Hall–Kier alpha value is -1.89. The molecule has 0 aliphatic carbocycles. The van der Waals surface area contributed by atoms with E-state index in [4.69, 9.17) is 40.0 Å². The maximum Gasteiger partial charge on any atom is 0.271 e. The molecule has 1 unspecified atom stereocenters. The van der Waals surface area contributed by atoms with Crippen molar-refractivity contribution in [2.24, 2.45) is 0 Å². The third-order valence-corrected chi connectivity index (χ3v) is 7.75. The van der Waals surface area contributed by atoms with Crippen LogP contribution in [0.5, 0.6) is 5.75 Å². The third kappa shape index (κ3) is 7.08. The number of nitro groups is 1. The first-order valence-electron chi connectivity index (χ1n) is 13.3. The first-order valence-corrected chi connectivity index (χ1v) is 13.7. The van der Waals surface area contributed by atoms with Crippen LogP contribution in [0.1, 0.15) is 0 Å². The number of hydrogen-bond acceptors (Lipinski definition) is 18. The van der Waals surface area contributed by atoms with Crippen LogP contribution in [-0.2, 0) is 23.7 Å². The Morgan fingerprint density at radius 2 is 1.23 bits per heavy atom. The molecule has 250 valence electrons. The molecule has 0 spiro atoms. The third-order valence-electron chi connectivity index (χ3n) is 7.46. The molecule has 20 heteroatoms. The fourth-order valence-electron chi connectivity index (χ4n) is 5.01. The summed E-state index contributed by atoms with van der Waals surface area (Å²) in [4.78, 5) is 10.3. The van der Waals surface area contributed by atoms with Crippen LogP contribution in [0, 0.1) is 10.1 Å². The zero-order chi connectivity index (χ0) is 32.5. The number of rotatable bonds is 10. The van der Waals surface area contributed by atoms with Crippen molar-refractivity contribution in [1.29, 1.82) is 0 Å². The predicted octanol–water partition coefficient (Wildman–Crippen LogP) is -4.92. The summed E-state index contributed by atoms with van der Waals surface area (Å²) in [7, 11) is 0. The Balaban J connectivity index is 1.54. The largest absolute Gasteiger partial charge is 0.481 e. The van der Waals surface area contributed by atoms with E-state index in [2.05, 4.69) is 0 Å². The molecule has 1 aromatic rings. The van der Waals surface area contributed by atoms with Gasteiger partial charge in [-0.1, -0.05) is 11.6 Å². The van der Waals surface area contributed by atoms with Gasteiger partial charge in [-0.3, -0.25) is 10.1 Å². The van der Waals surface area contributed by atoms with Gasteiger partial charge in [0, 0.05) is 12.1 Å². The van der Waals surface area contributed by atoms with Gasteiger partial charge in [0.1, 0.15) is 72.9 Å². The lowest BCUT2D eigenvalue weighted by atomic mass is 9.96. The number of nitro benzene ring substituents is 1. The predicted molar refractivity (Wildman–Crippen MR) is 138 cm³/mol. The number of non-ortho nitro benzene ring substituents is 1. The lowest BCUT2D eigenvalue weighted by molar-refractivity contribution is -0.384. The summed E-state index contributed by atoms with van der Waals surface area (Å²) < 4.78 is 33.0. The van der Waals surface area contributed by atoms with Crippen LogP contribution in [0.3, 0.4) is 0 Å². The molecule has 4 rings (SSSR count). The van der Waals surface area contributed by atoms with E-state index in [1.165, 1.54) is 0 Å². The average molecular weight is 660 g/mol. The minimum Gasteiger partial charge on any atom is -0.481 e. The van der Waals surface area contributed by atoms with Crippen molar-refractivity contribution in [2.45, 2.75) is 92.1 Å². The summed E-state index contributed by atoms with van der Waals surface area (Å²) in [6, 6.07) is 3.11. The molecule has 15 atom stereocenters. The number of aliphatic hydroxyl groups excluding tert-OH is 10. The topological polar surface area (TPSA) is 301 Å². The maximum atomic E-state index is 11.1. The van der Waals surface area contributed by atoms with Crippen molar-refractivity contribution in [3.8, 4) is 5.75 Å². The highest BCUT2D eigenvalue weighted by atomic mass is 35.5. The van der Waals surface area contributed by atoms with Gasteiger partial charge in [-0.05, 0) is 6.07 Å². The molecule has 3 heterocycles. The van der Waals surface area contributed by atoms with Crippen molar-refractivity contribution in [1.82, 2.24) is 0 Å². The van der Waals surface area contributed by atoms with E-state index < -0.39 is 117 Å². The Bertz CT molecular complexity index is 1110. The maximum absolute atomic E-state index is 11.1. The van der Waals surface area contributed by atoms with Gasteiger partial charge >= 0.3 is 0 Å². The van der Waals surface area contributed by atoms with Crippen LogP contribution < -0.4 is 4.74 Å². The van der Waals surface area contributed by atoms with E-state index in [-0.39, 0.29) is 16.5 Å². The van der Waals surface area contributed by atoms with Crippen molar-refractivity contribution in [3.63, 3.8) is 0 Å². The smallest absolute Gasteiger partial charge is 0.271 e. The highest BCUT2D eigenvalue weighted by Crippen LogP contribution is 2.35. The molecule has 3 aliphatic rings. The number of aliphatic hydroxyl groups is 10. The number of hydrogen-bond donors (Lipinski definition) is 10. The summed E-state index contributed by atoms with van der Waals surface area (Å²) in [5.41, 5.74) is -0.377. The van der Waals surface area contributed by atoms with Crippen molar-refractivity contribution in [3.05, 3.63) is 33.3 Å². The molecule has 0 amide bonds. The van der Waals surface area contributed by atoms with Gasteiger partial charge < -0.3 is 79.5 Å². The molecule has 0 radical (unpaired) electrons. The number of benzene rings is 1. The number of halogens is 1. The Labute approximate surface area is 253 Å². The van der Waals surface area contributed by atoms with Crippen molar-refractivity contribution >= 4 is 17.3 Å². The van der Waals surface area contributed by atoms with Crippen LogP contribution in [0.15, 0.2) is 18.2 Å². The molecule has 0 bridgehead atoms. The monoisotopic (exact) mass is 659 g/mol. The molecule has 44 heavy (non-hydrogen) atoms. The molecule has 0 aromatic heterocycles. The molecule has 3 fully saturated rings. The molecule has 0 saturated carbocycles. The standard InChI is InChI=1S/C24H34ClNO18/c25-8-3-7(26(37)38)1-2-9(8)39-21-14(31)13(30)10(4-27)41-24(21)44-20-12(6-29)42-23(18(35)16(20)33)43-19-11(5-28)40-22(36)17(34)15(19)32/h1-3,10-24,27-36H,4-6H2/t10-,11-,12-,13-,14+,15-,16-,17-,18-,19-,20-,21-,22?,23+,24+/m1/s1. The Morgan fingerprint density at radius 1 is 0.705 bits per heavy atom. The normalized spacial score (nSPS) is 43.0. The summed E-state index contributed by atoms with van der Waals surface area (Å²) in [5, 5.41) is 113. The molecule has 19 nitrogen and oxygen atoms in total. The van der Waals surface area contributed by atoms with E-state index in [0.29, 0.717) is 0 Å². The highest BCUT2D eigenvalue weighted by molar-refractivity contribution is 6.32. The van der Waals surface area contributed by atoms with E-state index in [1.54, 1.807) is 0 Å². The van der Waals surface area contributed by atoms with E-state index in [9.17, 15) is 61.2 Å². The van der Waals surface area contributed by atoms with Gasteiger partial charge in [0.05, 0.1) is 29.8 Å². The fourth-order valence-corrected chi connectivity index (χ4v) is 5.23.